The maximum Gasteiger partial charge on any atom is 0.138 e. The molecule has 174 valence electrons. The fourth-order valence-electron chi connectivity index (χ4n) is 4.62. The van der Waals surface area contributed by atoms with Crippen LogP contribution in [0.25, 0.3) is 10.9 Å². The van der Waals surface area contributed by atoms with Crippen LogP contribution in [-0.2, 0) is 17.5 Å². The van der Waals surface area contributed by atoms with Crippen LogP contribution >= 0.6 is 7.14 Å². The van der Waals surface area contributed by atoms with E-state index in [0.717, 1.165) is 30.9 Å². The highest BCUT2D eigenvalue weighted by atomic mass is 31.2. The van der Waals surface area contributed by atoms with Crippen molar-refractivity contribution in [1.29, 1.82) is 0 Å². The van der Waals surface area contributed by atoms with Crippen molar-refractivity contribution in [2.75, 3.05) is 37.3 Å². The second-order valence-corrected chi connectivity index (χ2v) is 12.5. The fourth-order valence-corrected chi connectivity index (χ4v) is 7.15. The summed E-state index contributed by atoms with van der Waals surface area (Å²) in [5.41, 5.74) is 2.67. The predicted molar refractivity (Wildman–Crippen MR) is 131 cm³/mol. The van der Waals surface area contributed by atoms with Gasteiger partial charge in [-0.05, 0) is 43.7 Å². The fraction of sp³-hybridized carbons (Fsp3) is 0.480. The monoisotopic (exact) mass is 467 g/mol. The van der Waals surface area contributed by atoms with E-state index in [2.05, 4.69) is 25.2 Å². The lowest BCUT2D eigenvalue weighted by atomic mass is 10.1. The summed E-state index contributed by atoms with van der Waals surface area (Å²) in [5, 5.41) is 4.08. The van der Waals surface area contributed by atoms with Crippen molar-refractivity contribution in [2.24, 2.45) is 5.92 Å². The van der Waals surface area contributed by atoms with Gasteiger partial charge in [0.2, 0.25) is 0 Å². The number of hydrogen-bond donors (Lipinski definition) is 1. The minimum Gasteiger partial charge on any atom is -0.365 e. The Bertz CT molecular complexity index is 1220. The predicted octanol–water partition coefficient (Wildman–Crippen LogP) is 4.36. The van der Waals surface area contributed by atoms with Gasteiger partial charge in [0, 0.05) is 49.5 Å². The van der Waals surface area contributed by atoms with Gasteiger partial charge in [-0.3, -0.25) is 4.98 Å². The molecule has 2 aliphatic rings. The molecule has 6 nitrogen and oxygen atoms in total. The Kier molecular flexibility index (Phi) is 6.19. The molecule has 0 atom stereocenters. The molecule has 3 aromatic rings. The Hall–Kier alpha value is -2.37. The highest BCUT2D eigenvalue weighted by Crippen LogP contribution is 2.46. The number of pyridine rings is 1. The molecular formula is C25H31FN5OP. The molecule has 3 heterocycles. The number of aromatic nitrogens is 3. The van der Waals surface area contributed by atoms with Gasteiger partial charge in [0.15, 0.2) is 0 Å². The third-order valence-corrected chi connectivity index (χ3v) is 9.78. The first-order chi connectivity index (χ1) is 15.9. The van der Waals surface area contributed by atoms with Crippen LogP contribution in [0.4, 0.5) is 10.2 Å². The maximum atomic E-state index is 14.7. The molecule has 2 fully saturated rings. The first-order valence-corrected chi connectivity index (χ1v) is 14.0. The zero-order valence-electron chi connectivity index (χ0n) is 19.4. The molecule has 0 unspecified atom stereocenters. The van der Waals surface area contributed by atoms with E-state index in [9.17, 15) is 8.96 Å². The Morgan fingerprint density at radius 2 is 1.94 bits per heavy atom. The summed E-state index contributed by atoms with van der Waals surface area (Å²) in [6, 6.07) is 7.38. The number of benzene rings is 1. The van der Waals surface area contributed by atoms with Crippen molar-refractivity contribution < 1.29 is 8.96 Å². The van der Waals surface area contributed by atoms with Crippen molar-refractivity contribution in [3.63, 3.8) is 0 Å². The Balaban J connectivity index is 1.40. The van der Waals surface area contributed by atoms with Crippen LogP contribution in [0.5, 0.6) is 0 Å². The van der Waals surface area contributed by atoms with Gasteiger partial charge in [-0.2, -0.15) is 0 Å². The molecule has 8 heteroatoms. The van der Waals surface area contributed by atoms with Crippen LogP contribution in [0.1, 0.15) is 36.7 Å². The van der Waals surface area contributed by atoms with E-state index >= 15 is 0 Å². The summed E-state index contributed by atoms with van der Waals surface area (Å²) in [6.45, 7) is 6.98. The zero-order chi connectivity index (χ0) is 23.0. The van der Waals surface area contributed by atoms with Crippen molar-refractivity contribution in [3.8, 4) is 0 Å². The molecule has 0 radical (unpaired) electrons. The van der Waals surface area contributed by atoms with Gasteiger partial charge < -0.3 is 14.8 Å². The minimum absolute atomic E-state index is 0.174. The van der Waals surface area contributed by atoms with Crippen LogP contribution in [0.2, 0.25) is 0 Å². The molecule has 1 aromatic carbocycles. The highest BCUT2D eigenvalue weighted by Gasteiger charge is 2.34. The van der Waals surface area contributed by atoms with E-state index < -0.39 is 7.14 Å². The normalized spacial score (nSPS) is 18.5. The summed E-state index contributed by atoms with van der Waals surface area (Å²) in [6.07, 6.45) is 6.37. The lowest BCUT2D eigenvalue weighted by Gasteiger charge is -2.32. The third-order valence-electron chi connectivity index (χ3n) is 6.85. The summed E-state index contributed by atoms with van der Waals surface area (Å²) in [5.74, 6) is 1.91. The van der Waals surface area contributed by atoms with Crippen LogP contribution in [-0.4, -0.2) is 51.8 Å². The number of fused-ring (bicyclic) bond motifs is 1. The number of anilines is 1. The van der Waals surface area contributed by atoms with Crippen molar-refractivity contribution >= 4 is 29.3 Å². The second-order valence-electron chi connectivity index (χ2n) is 9.36. The number of hydrogen-bond acceptors (Lipinski definition) is 6. The summed E-state index contributed by atoms with van der Waals surface area (Å²) < 4.78 is 28.5. The molecular weight excluding hydrogens is 436 g/mol. The van der Waals surface area contributed by atoms with E-state index in [1.54, 1.807) is 12.3 Å². The molecule has 2 aromatic heterocycles. The highest BCUT2D eigenvalue weighted by molar-refractivity contribution is 7.71. The van der Waals surface area contributed by atoms with Gasteiger partial charge in [-0.25, -0.2) is 14.4 Å². The molecule has 5 rings (SSSR count). The molecule has 1 aliphatic carbocycles. The lowest BCUT2D eigenvalue weighted by Crippen LogP contribution is -2.38. The maximum absolute atomic E-state index is 14.7. The van der Waals surface area contributed by atoms with Crippen LogP contribution in [0.3, 0.4) is 0 Å². The summed E-state index contributed by atoms with van der Waals surface area (Å²) in [7, 11) is -2.55. The lowest BCUT2D eigenvalue weighted by molar-refractivity contribution is 0.284. The smallest absolute Gasteiger partial charge is 0.138 e. The Labute approximate surface area is 194 Å². The van der Waals surface area contributed by atoms with Crippen molar-refractivity contribution in [1.82, 2.24) is 19.9 Å². The van der Waals surface area contributed by atoms with Crippen LogP contribution in [0, 0.1) is 18.7 Å². The Morgan fingerprint density at radius 1 is 1.18 bits per heavy atom. The topological polar surface area (TPSA) is 71.0 Å². The van der Waals surface area contributed by atoms with Gasteiger partial charge >= 0.3 is 0 Å². The molecule has 1 N–H and O–H groups in total. The standard InChI is InChI=1S/C25H31FN5OP/c1-3-19-5-4-6-20(24(19)26)14-28-25-21-13-23(27-15-22(21)29-17(2)30-25)33(32)11-9-31(10-12-33)16-18-7-8-18/h4-6,13,15,18H,3,7-12,14,16H2,1-2H3,(H,28,29,30). The SMILES string of the molecule is CCc1cccc(CNc2nc(C)nc3cnc(P4(=O)CCN(CC5CC5)CC4)cc23)c1F. The van der Waals surface area contributed by atoms with E-state index in [1.807, 2.05) is 32.0 Å². The van der Waals surface area contributed by atoms with Gasteiger partial charge in [-0.1, -0.05) is 25.1 Å². The number of rotatable bonds is 7. The number of nitrogens with one attached hydrogen (secondary N) is 1. The molecule has 1 aliphatic heterocycles. The molecule has 0 bridgehead atoms. The average Bonchev–Trinajstić information content (AvgIpc) is 3.63. The molecule has 1 saturated carbocycles. The number of halogens is 1. The third kappa shape index (κ3) is 4.80. The minimum atomic E-state index is -2.55. The van der Waals surface area contributed by atoms with Gasteiger partial charge in [0.1, 0.15) is 30.0 Å². The average molecular weight is 468 g/mol. The molecule has 0 amide bonds. The van der Waals surface area contributed by atoms with Gasteiger partial charge in [-0.15, -0.1) is 0 Å². The number of aryl methyl sites for hydroxylation is 2. The molecule has 33 heavy (non-hydrogen) atoms. The van der Waals surface area contributed by atoms with Crippen LogP contribution < -0.4 is 10.8 Å². The first kappa shape index (κ1) is 22.4. The zero-order valence-corrected chi connectivity index (χ0v) is 20.2. The van der Waals surface area contributed by atoms with E-state index in [0.29, 0.717) is 59.0 Å². The summed E-state index contributed by atoms with van der Waals surface area (Å²) >= 11 is 0. The first-order valence-electron chi connectivity index (χ1n) is 11.9. The largest absolute Gasteiger partial charge is 0.365 e. The summed E-state index contributed by atoms with van der Waals surface area (Å²) in [4.78, 5) is 16.1. The molecule has 1 saturated heterocycles. The quantitative estimate of drug-likeness (QED) is 0.521. The van der Waals surface area contributed by atoms with E-state index in [1.165, 1.54) is 12.8 Å². The van der Waals surface area contributed by atoms with Gasteiger partial charge in [0.05, 0.1) is 11.7 Å². The second kappa shape index (κ2) is 9.11. The number of nitrogens with zero attached hydrogens (tertiary/aromatic N) is 4. The Morgan fingerprint density at radius 3 is 2.67 bits per heavy atom. The molecule has 0 spiro atoms. The van der Waals surface area contributed by atoms with E-state index in [-0.39, 0.29) is 5.82 Å². The van der Waals surface area contributed by atoms with Crippen molar-refractivity contribution in [3.05, 3.63) is 53.2 Å². The van der Waals surface area contributed by atoms with Crippen molar-refractivity contribution in [2.45, 2.75) is 39.7 Å². The van der Waals surface area contributed by atoms with Gasteiger partial charge in [0.25, 0.3) is 0 Å². The van der Waals surface area contributed by atoms with E-state index in [4.69, 9.17) is 0 Å². The van der Waals surface area contributed by atoms with Crippen LogP contribution in [0.15, 0.2) is 30.5 Å².